The predicted molar refractivity (Wildman–Crippen MR) is 80.4 cm³/mol. The van der Waals surface area contributed by atoms with Crippen molar-refractivity contribution in [3.63, 3.8) is 0 Å². The maximum atomic E-state index is 11.6. The zero-order valence-corrected chi connectivity index (χ0v) is 12.7. The first-order valence-corrected chi connectivity index (χ1v) is 8.00. The lowest BCUT2D eigenvalue weighted by Crippen LogP contribution is -2.41. The topological polar surface area (TPSA) is 71.5 Å². The minimum absolute atomic E-state index is 0.284. The number of carbonyl (C=O) groups excluding carboxylic acids is 1. The van der Waals surface area contributed by atoms with Crippen molar-refractivity contribution in [2.45, 2.75) is 45.6 Å². The Morgan fingerprint density at radius 1 is 1.38 bits per heavy atom. The zero-order valence-electron chi connectivity index (χ0n) is 12.7. The van der Waals surface area contributed by atoms with E-state index in [4.69, 9.17) is 10.3 Å². The van der Waals surface area contributed by atoms with Gasteiger partial charge in [0.05, 0.1) is 12.1 Å². The molecule has 0 bridgehead atoms. The van der Waals surface area contributed by atoms with Crippen molar-refractivity contribution in [3.05, 3.63) is 23.2 Å². The van der Waals surface area contributed by atoms with Gasteiger partial charge in [-0.05, 0) is 44.2 Å². The van der Waals surface area contributed by atoms with Crippen LogP contribution in [-0.2, 0) is 6.54 Å². The van der Waals surface area contributed by atoms with Gasteiger partial charge in [-0.15, -0.1) is 0 Å². The second-order valence-electron chi connectivity index (χ2n) is 6.48. The van der Waals surface area contributed by atoms with E-state index in [0.717, 1.165) is 30.7 Å². The van der Waals surface area contributed by atoms with Gasteiger partial charge in [0.15, 0.2) is 0 Å². The van der Waals surface area contributed by atoms with E-state index >= 15 is 0 Å². The maximum absolute atomic E-state index is 11.6. The molecule has 2 atom stereocenters. The van der Waals surface area contributed by atoms with Crippen LogP contribution < -0.4 is 11.3 Å². The lowest BCUT2D eigenvalue weighted by molar-refractivity contribution is 0.0772. The van der Waals surface area contributed by atoms with Gasteiger partial charge in [-0.25, -0.2) is 5.84 Å². The summed E-state index contributed by atoms with van der Waals surface area (Å²) in [4.78, 5) is 14.1. The first-order valence-electron chi connectivity index (χ1n) is 8.00. The Kier molecular flexibility index (Phi) is 4.31. The number of furan rings is 1. The summed E-state index contributed by atoms with van der Waals surface area (Å²) in [7, 11) is 0. The molecule has 21 heavy (non-hydrogen) atoms. The van der Waals surface area contributed by atoms with Crippen molar-refractivity contribution in [1.82, 2.24) is 10.3 Å². The average Bonchev–Trinajstić information content (AvgIpc) is 2.87. The molecule has 1 saturated carbocycles. The monoisotopic (exact) mass is 291 g/mol. The number of rotatable bonds is 3. The first-order chi connectivity index (χ1) is 10.2. The first kappa shape index (κ1) is 14.6. The third kappa shape index (κ3) is 3.14. The Balaban J connectivity index is 1.63. The summed E-state index contributed by atoms with van der Waals surface area (Å²) in [6.07, 6.45) is 6.89. The van der Waals surface area contributed by atoms with Gasteiger partial charge in [0.2, 0.25) is 0 Å². The number of piperidine rings is 1. The normalized spacial score (nSPS) is 26.4. The van der Waals surface area contributed by atoms with E-state index in [1.807, 2.05) is 6.07 Å². The highest BCUT2D eigenvalue weighted by molar-refractivity contribution is 5.94. The quantitative estimate of drug-likeness (QED) is 0.509. The number of nitrogens with one attached hydrogen (secondary N) is 1. The minimum Gasteiger partial charge on any atom is -0.464 e. The van der Waals surface area contributed by atoms with Crippen LogP contribution in [0.1, 0.15) is 54.0 Å². The largest absolute Gasteiger partial charge is 0.464 e. The highest BCUT2D eigenvalue weighted by Gasteiger charge is 2.31. The molecule has 2 fully saturated rings. The molecule has 2 heterocycles. The van der Waals surface area contributed by atoms with Crippen LogP contribution in [0.4, 0.5) is 0 Å². The van der Waals surface area contributed by atoms with Gasteiger partial charge < -0.3 is 4.42 Å². The van der Waals surface area contributed by atoms with Gasteiger partial charge in [-0.1, -0.05) is 19.3 Å². The molecule has 5 heteroatoms. The third-order valence-corrected chi connectivity index (χ3v) is 5.10. The number of hydrogen-bond donors (Lipinski definition) is 2. The van der Waals surface area contributed by atoms with Crippen molar-refractivity contribution in [2.75, 3.05) is 13.1 Å². The Morgan fingerprint density at radius 2 is 2.14 bits per heavy atom. The number of hydrogen-bond acceptors (Lipinski definition) is 4. The summed E-state index contributed by atoms with van der Waals surface area (Å²) in [5.74, 6) is 8.20. The second-order valence-corrected chi connectivity index (χ2v) is 6.48. The molecule has 1 aliphatic heterocycles. The summed E-state index contributed by atoms with van der Waals surface area (Å²) < 4.78 is 5.72. The maximum Gasteiger partial charge on any atom is 0.268 e. The zero-order chi connectivity index (χ0) is 14.8. The van der Waals surface area contributed by atoms with Crippen LogP contribution in [0.2, 0.25) is 0 Å². The summed E-state index contributed by atoms with van der Waals surface area (Å²) >= 11 is 0. The molecular formula is C16H25N3O2. The van der Waals surface area contributed by atoms with Crippen LogP contribution in [-0.4, -0.2) is 23.9 Å². The number of nitrogens with two attached hydrogens (primary N) is 1. The summed E-state index contributed by atoms with van der Waals surface area (Å²) in [5.41, 5.74) is 2.71. The molecule has 5 nitrogen and oxygen atoms in total. The average molecular weight is 291 g/mol. The molecule has 3 rings (SSSR count). The van der Waals surface area contributed by atoms with Crippen LogP contribution in [0.3, 0.4) is 0 Å². The van der Waals surface area contributed by atoms with E-state index in [0.29, 0.717) is 11.3 Å². The fraction of sp³-hybridized carbons (Fsp3) is 0.688. The van der Waals surface area contributed by atoms with Crippen molar-refractivity contribution < 1.29 is 9.21 Å². The van der Waals surface area contributed by atoms with E-state index in [-0.39, 0.29) is 5.91 Å². The standard InChI is InChI=1S/C16H25N3O2/c1-11-15(16(20)18-17)8-14(21-11)10-19-7-6-12-4-2-3-5-13(12)9-19/h8,12-13H,2-7,9-10,17H2,1H3,(H,18,20). The molecule has 1 aliphatic carbocycles. The van der Waals surface area contributed by atoms with Crippen LogP contribution in [0.5, 0.6) is 0 Å². The fourth-order valence-electron chi connectivity index (χ4n) is 3.96. The molecular weight excluding hydrogens is 266 g/mol. The smallest absolute Gasteiger partial charge is 0.268 e. The highest BCUT2D eigenvalue weighted by Crippen LogP contribution is 2.36. The van der Waals surface area contributed by atoms with Gasteiger partial charge in [-0.3, -0.25) is 15.1 Å². The van der Waals surface area contributed by atoms with E-state index in [2.05, 4.69) is 10.3 Å². The molecule has 1 aromatic rings. The Labute approximate surface area is 125 Å². The van der Waals surface area contributed by atoms with Gasteiger partial charge in [0, 0.05) is 6.54 Å². The minimum atomic E-state index is -0.284. The van der Waals surface area contributed by atoms with E-state index in [1.54, 1.807) is 6.92 Å². The summed E-state index contributed by atoms with van der Waals surface area (Å²) in [6, 6.07) is 1.82. The Bertz CT molecular complexity index is 512. The number of likely N-dealkylation sites (tertiary alicyclic amines) is 1. The Morgan fingerprint density at radius 3 is 2.90 bits per heavy atom. The fourth-order valence-corrected chi connectivity index (χ4v) is 3.96. The lowest BCUT2D eigenvalue weighted by Gasteiger charge is -2.41. The predicted octanol–water partition coefficient (Wildman–Crippen LogP) is 2.20. The van der Waals surface area contributed by atoms with Crippen molar-refractivity contribution in [1.29, 1.82) is 0 Å². The summed E-state index contributed by atoms with van der Waals surface area (Å²) in [6.45, 7) is 4.91. The molecule has 0 spiro atoms. The van der Waals surface area contributed by atoms with E-state index in [1.165, 1.54) is 38.6 Å². The summed E-state index contributed by atoms with van der Waals surface area (Å²) in [5, 5.41) is 0. The van der Waals surface area contributed by atoms with Crippen molar-refractivity contribution >= 4 is 5.91 Å². The molecule has 0 aromatic carbocycles. The van der Waals surface area contributed by atoms with E-state index in [9.17, 15) is 4.79 Å². The van der Waals surface area contributed by atoms with Crippen LogP contribution in [0.15, 0.2) is 10.5 Å². The number of hydrazine groups is 1. The van der Waals surface area contributed by atoms with Gasteiger partial charge >= 0.3 is 0 Å². The number of nitrogen functional groups attached to an aromatic ring is 1. The molecule has 1 saturated heterocycles. The molecule has 1 aromatic heterocycles. The SMILES string of the molecule is Cc1oc(CN2CCC3CCCCC3C2)cc1C(=O)NN. The van der Waals surface area contributed by atoms with Gasteiger partial charge in [-0.2, -0.15) is 0 Å². The van der Waals surface area contributed by atoms with E-state index < -0.39 is 0 Å². The van der Waals surface area contributed by atoms with Gasteiger partial charge in [0.25, 0.3) is 5.91 Å². The van der Waals surface area contributed by atoms with Gasteiger partial charge in [0.1, 0.15) is 11.5 Å². The molecule has 0 radical (unpaired) electrons. The molecule has 2 unspecified atom stereocenters. The molecule has 1 amide bonds. The third-order valence-electron chi connectivity index (χ3n) is 5.10. The van der Waals surface area contributed by atoms with Crippen molar-refractivity contribution in [2.24, 2.45) is 17.7 Å². The highest BCUT2D eigenvalue weighted by atomic mass is 16.3. The molecule has 116 valence electrons. The molecule has 3 N–H and O–H groups in total. The second kappa shape index (κ2) is 6.20. The van der Waals surface area contributed by atoms with Crippen molar-refractivity contribution in [3.8, 4) is 0 Å². The Hall–Kier alpha value is -1.33. The van der Waals surface area contributed by atoms with Crippen LogP contribution in [0.25, 0.3) is 0 Å². The number of carbonyl (C=O) groups is 1. The van der Waals surface area contributed by atoms with Crippen LogP contribution in [0, 0.1) is 18.8 Å². The number of aryl methyl sites for hydroxylation is 1. The lowest BCUT2D eigenvalue weighted by atomic mass is 9.75. The van der Waals surface area contributed by atoms with Crippen LogP contribution >= 0.6 is 0 Å². The number of nitrogens with zero attached hydrogens (tertiary/aromatic N) is 1. The number of fused-ring (bicyclic) bond motifs is 1. The molecule has 2 aliphatic rings. The number of amides is 1.